The van der Waals surface area contributed by atoms with Crippen LogP contribution in [0.25, 0.3) is 0 Å². The lowest BCUT2D eigenvalue weighted by Gasteiger charge is -2.40. The summed E-state index contributed by atoms with van der Waals surface area (Å²) in [6.07, 6.45) is 6.62. The third kappa shape index (κ3) is 2.68. The first-order valence-corrected chi connectivity index (χ1v) is 7.81. The summed E-state index contributed by atoms with van der Waals surface area (Å²) in [5.74, 6) is 0.395. The quantitative estimate of drug-likeness (QED) is 0.838. The molecule has 2 unspecified atom stereocenters. The zero-order chi connectivity index (χ0) is 14.2. The fourth-order valence-corrected chi connectivity index (χ4v) is 3.41. The maximum Gasteiger partial charge on any atom is 0.248 e. The van der Waals surface area contributed by atoms with Gasteiger partial charge in [-0.1, -0.05) is 0 Å². The molecule has 2 saturated heterocycles. The molecule has 5 nitrogen and oxygen atoms in total. The molecule has 20 heavy (non-hydrogen) atoms. The van der Waals surface area contributed by atoms with Gasteiger partial charge in [-0.05, 0) is 51.4 Å². The molecular formula is C15H24N2O3. The van der Waals surface area contributed by atoms with Crippen molar-refractivity contribution in [2.45, 2.75) is 57.1 Å². The molecule has 1 aliphatic carbocycles. The van der Waals surface area contributed by atoms with Crippen LogP contribution in [0.3, 0.4) is 0 Å². The van der Waals surface area contributed by atoms with E-state index in [4.69, 9.17) is 4.74 Å². The molecule has 5 heteroatoms. The molecule has 1 saturated carbocycles. The number of ether oxygens (including phenoxy) is 1. The number of hydrogen-bond acceptors (Lipinski definition) is 3. The van der Waals surface area contributed by atoms with Crippen molar-refractivity contribution in [3.63, 3.8) is 0 Å². The Hall–Kier alpha value is -1.10. The van der Waals surface area contributed by atoms with Gasteiger partial charge >= 0.3 is 0 Å². The lowest BCUT2D eigenvalue weighted by molar-refractivity contribution is -0.150. The Bertz CT molecular complexity index is 402. The van der Waals surface area contributed by atoms with Crippen molar-refractivity contribution in [1.29, 1.82) is 0 Å². The fraction of sp³-hybridized carbons (Fsp3) is 0.867. The van der Waals surface area contributed by atoms with Crippen LogP contribution in [-0.2, 0) is 14.3 Å². The summed E-state index contributed by atoms with van der Waals surface area (Å²) in [6, 6.07) is 0. The summed E-state index contributed by atoms with van der Waals surface area (Å²) in [7, 11) is 0. The maximum absolute atomic E-state index is 12.6. The van der Waals surface area contributed by atoms with Crippen molar-refractivity contribution in [3.8, 4) is 0 Å². The number of nitrogens with one attached hydrogen (secondary N) is 1. The average molecular weight is 280 g/mol. The monoisotopic (exact) mass is 280 g/mol. The van der Waals surface area contributed by atoms with Gasteiger partial charge in [0.25, 0.3) is 0 Å². The molecule has 0 bridgehead atoms. The Morgan fingerprint density at radius 3 is 2.75 bits per heavy atom. The van der Waals surface area contributed by atoms with Crippen molar-refractivity contribution in [1.82, 2.24) is 10.2 Å². The molecule has 0 radical (unpaired) electrons. The van der Waals surface area contributed by atoms with Crippen LogP contribution >= 0.6 is 0 Å². The van der Waals surface area contributed by atoms with Gasteiger partial charge < -0.3 is 15.0 Å². The summed E-state index contributed by atoms with van der Waals surface area (Å²) in [4.78, 5) is 26.2. The van der Waals surface area contributed by atoms with Gasteiger partial charge in [-0.2, -0.15) is 0 Å². The normalized spacial score (nSPS) is 35.0. The zero-order valence-electron chi connectivity index (χ0n) is 12.2. The fourth-order valence-electron chi connectivity index (χ4n) is 3.41. The molecule has 2 amide bonds. The number of carbonyl (C=O) groups is 2. The number of rotatable bonds is 4. The molecule has 3 fully saturated rings. The van der Waals surface area contributed by atoms with Crippen LogP contribution in [0.2, 0.25) is 0 Å². The highest BCUT2D eigenvalue weighted by atomic mass is 16.5. The molecule has 2 heterocycles. The number of hydrogen-bond donors (Lipinski definition) is 1. The van der Waals surface area contributed by atoms with Crippen molar-refractivity contribution in [2.24, 2.45) is 5.92 Å². The second kappa shape index (κ2) is 5.35. The minimum Gasteiger partial charge on any atom is -0.378 e. The van der Waals surface area contributed by atoms with Crippen LogP contribution in [0.5, 0.6) is 0 Å². The van der Waals surface area contributed by atoms with E-state index < -0.39 is 5.54 Å². The molecule has 3 aliphatic rings. The van der Waals surface area contributed by atoms with Gasteiger partial charge in [0.15, 0.2) is 0 Å². The molecule has 3 rings (SSSR count). The molecule has 0 aromatic heterocycles. The molecule has 2 aliphatic heterocycles. The van der Waals surface area contributed by atoms with Gasteiger partial charge in [0.2, 0.25) is 11.8 Å². The van der Waals surface area contributed by atoms with Crippen LogP contribution in [0.4, 0.5) is 0 Å². The van der Waals surface area contributed by atoms with Gasteiger partial charge in [0.1, 0.15) is 5.54 Å². The van der Waals surface area contributed by atoms with Crippen LogP contribution in [-0.4, -0.2) is 48.1 Å². The maximum atomic E-state index is 12.6. The van der Waals surface area contributed by atoms with E-state index in [0.29, 0.717) is 12.5 Å². The summed E-state index contributed by atoms with van der Waals surface area (Å²) in [6.45, 7) is 3.56. The van der Waals surface area contributed by atoms with Gasteiger partial charge in [-0.3, -0.25) is 9.59 Å². The first-order valence-electron chi connectivity index (χ1n) is 7.81. The predicted molar refractivity (Wildman–Crippen MR) is 74.1 cm³/mol. The molecule has 1 N–H and O–H groups in total. The number of carbonyl (C=O) groups excluding carboxylic acids is 2. The van der Waals surface area contributed by atoms with Crippen LogP contribution in [0, 0.1) is 5.92 Å². The highest BCUT2D eigenvalue weighted by Crippen LogP contribution is 2.41. The second-order valence-electron chi connectivity index (χ2n) is 6.53. The molecule has 0 aromatic carbocycles. The van der Waals surface area contributed by atoms with Crippen molar-refractivity contribution in [3.05, 3.63) is 0 Å². The van der Waals surface area contributed by atoms with Crippen molar-refractivity contribution < 1.29 is 14.3 Å². The molecule has 0 aromatic rings. The molecule has 0 spiro atoms. The number of amides is 2. The van der Waals surface area contributed by atoms with E-state index in [0.717, 1.165) is 38.7 Å². The minimum absolute atomic E-state index is 0.0245. The topological polar surface area (TPSA) is 58.6 Å². The van der Waals surface area contributed by atoms with E-state index in [2.05, 4.69) is 5.32 Å². The van der Waals surface area contributed by atoms with E-state index in [-0.39, 0.29) is 24.5 Å². The highest BCUT2D eigenvalue weighted by Gasteiger charge is 2.52. The number of piperazine rings is 1. The first-order chi connectivity index (χ1) is 9.59. The summed E-state index contributed by atoms with van der Waals surface area (Å²) >= 11 is 0. The Kier molecular flexibility index (Phi) is 3.71. The third-order valence-electron chi connectivity index (χ3n) is 4.85. The predicted octanol–water partition coefficient (Wildman–Crippen LogP) is 1.07. The SMILES string of the molecule is CC1(C2CC2)NC(=O)CN(CCC2CCCCO2)C1=O. The highest BCUT2D eigenvalue weighted by molar-refractivity contribution is 5.98. The minimum atomic E-state index is -0.664. The largest absolute Gasteiger partial charge is 0.378 e. The average Bonchev–Trinajstić information content (AvgIpc) is 3.27. The third-order valence-corrected chi connectivity index (χ3v) is 4.85. The lowest BCUT2D eigenvalue weighted by Crippen LogP contribution is -2.66. The van der Waals surface area contributed by atoms with Crippen molar-refractivity contribution in [2.75, 3.05) is 19.7 Å². The number of nitrogens with zero attached hydrogens (tertiary/aromatic N) is 1. The van der Waals surface area contributed by atoms with Gasteiger partial charge in [0.05, 0.1) is 12.6 Å². The van der Waals surface area contributed by atoms with Gasteiger partial charge in [-0.25, -0.2) is 0 Å². The van der Waals surface area contributed by atoms with E-state index in [1.54, 1.807) is 4.90 Å². The molecule has 112 valence electrons. The Balaban J connectivity index is 1.59. The van der Waals surface area contributed by atoms with Crippen LogP contribution < -0.4 is 5.32 Å². The smallest absolute Gasteiger partial charge is 0.248 e. The first kappa shape index (κ1) is 13.9. The molecule has 2 atom stereocenters. The summed E-state index contributed by atoms with van der Waals surface area (Å²) in [5, 5.41) is 2.91. The Morgan fingerprint density at radius 1 is 1.30 bits per heavy atom. The van der Waals surface area contributed by atoms with Crippen LogP contribution in [0.1, 0.15) is 45.4 Å². The Labute approximate surface area is 120 Å². The molecular weight excluding hydrogens is 256 g/mol. The summed E-state index contributed by atoms with van der Waals surface area (Å²) < 4.78 is 5.70. The Morgan fingerprint density at radius 2 is 2.10 bits per heavy atom. The van der Waals surface area contributed by atoms with Crippen LogP contribution in [0.15, 0.2) is 0 Å². The summed E-state index contributed by atoms with van der Waals surface area (Å²) in [5.41, 5.74) is -0.664. The lowest BCUT2D eigenvalue weighted by atomic mass is 9.91. The van der Waals surface area contributed by atoms with E-state index in [1.165, 1.54) is 6.42 Å². The van der Waals surface area contributed by atoms with Crippen molar-refractivity contribution >= 4 is 11.8 Å². The standard InChI is InChI=1S/C15H24N2O3/c1-15(11-5-6-11)14(19)17(10-13(18)16-15)8-7-12-4-2-3-9-20-12/h11-12H,2-10H2,1H3,(H,16,18). The zero-order valence-corrected chi connectivity index (χ0v) is 12.2. The van der Waals surface area contributed by atoms with E-state index >= 15 is 0 Å². The van der Waals surface area contributed by atoms with E-state index in [9.17, 15) is 9.59 Å². The second-order valence-corrected chi connectivity index (χ2v) is 6.53. The van der Waals surface area contributed by atoms with Gasteiger partial charge in [-0.15, -0.1) is 0 Å². The van der Waals surface area contributed by atoms with Gasteiger partial charge in [0, 0.05) is 13.2 Å². The van der Waals surface area contributed by atoms with E-state index in [1.807, 2.05) is 6.92 Å².